The van der Waals surface area contributed by atoms with Gasteiger partial charge in [0.1, 0.15) is 23.9 Å². The number of rotatable bonds is 6. The average Bonchev–Trinajstić information content (AvgIpc) is 3.64. The third kappa shape index (κ3) is 6.89. The molecule has 1 aromatic carbocycles. The normalized spacial score (nSPS) is 23.5. The molecular weight excluding hydrogens is 494 g/mol. The molecule has 2 atom stereocenters. The van der Waals surface area contributed by atoms with Crippen LogP contribution in [0.15, 0.2) is 24.5 Å². The molecule has 37 heavy (non-hydrogen) atoms. The van der Waals surface area contributed by atoms with E-state index >= 15 is 0 Å². The predicted octanol–water partition coefficient (Wildman–Crippen LogP) is 4.59. The van der Waals surface area contributed by atoms with Crippen molar-refractivity contribution in [1.82, 2.24) is 15.3 Å². The third-order valence-electron chi connectivity index (χ3n) is 6.66. The van der Waals surface area contributed by atoms with E-state index < -0.39 is 0 Å². The molecule has 3 aliphatic rings. The zero-order chi connectivity index (χ0) is 26.6. The van der Waals surface area contributed by atoms with E-state index in [2.05, 4.69) is 31.4 Å². The van der Waals surface area contributed by atoms with Crippen LogP contribution in [-0.2, 0) is 19.7 Å². The van der Waals surface area contributed by atoms with Gasteiger partial charge in [-0.15, -0.1) is 0 Å². The maximum Gasteiger partial charge on any atom is 0.293 e. The number of ether oxygens (including phenoxy) is 3. The number of carbonyl (C=O) groups is 1. The number of nitriles is 1. The molecule has 198 valence electrons. The number of carbonyl (C=O) groups excluding carboxylic acids is 1. The van der Waals surface area contributed by atoms with E-state index in [1.807, 2.05) is 45.9 Å². The highest BCUT2D eigenvalue weighted by Crippen LogP contribution is 2.48. The van der Waals surface area contributed by atoms with Crippen molar-refractivity contribution in [3.8, 4) is 11.9 Å². The fourth-order valence-electron chi connectivity index (χ4n) is 4.49. The fraction of sp³-hybridized carbons (Fsp3) is 0.556. The molecule has 1 saturated carbocycles. The SMILES string of the molecule is CC(C)(C)OC=O.Cc1c(Nc2ccc(C3(C#N)CC3)cc2Cl)ncnc1OC1CC2COCC(C1)N2. The number of anilines is 2. The maximum atomic E-state index is 9.60. The number of nitrogens with zero attached hydrogens (tertiary/aromatic N) is 3. The molecule has 2 saturated heterocycles. The molecule has 0 radical (unpaired) electrons. The molecule has 0 spiro atoms. The average molecular weight is 528 g/mol. The van der Waals surface area contributed by atoms with E-state index in [1.54, 1.807) is 0 Å². The Morgan fingerprint density at radius 2 is 1.95 bits per heavy atom. The summed E-state index contributed by atoms with van der Waals surface area (Å²) in [6.07, 6.45) is 5.20. The van der Waals surface area contributed by atoms with Gasteiger partial charge in [-0.2, -0.15) is 5.26 Å². The quantitative estimate of drug-likeness (QED) is 0.519. The molecule has 3 heterocycles. The Labute approximate surface area is 222 Å². The Kier molecular flexibility index (Phi) is 8.22. The second-order valence-electron chi connectivity index (χ2n) is 10.8. The van der Waals surface area contributed by atoms with Crippen molar-refractivity contribution in [1.29, 1.82) is 5.26 Å². The monoisotopic (exact) mass is 527 g/mol. The van der Waals surface area contributed by atoms with Crippen molar-refractivity contribution >= 4 is 29.6 Å². The molecule has 1 aliphatic carbocycles. The summed E-state index contributed by atoms with van der Waals surface area (Å²) in [5.41, 5.74) is 1.89. The highest BCUT2D eigenvalue weighted by Gasteiger charge is 2.45. The Morgan fingerprint density at radius 3 is 2.49 bits per heavy atom. The van der Waals surface area contributed by atoms with Crippen LogP contribution in [0.25, 0.3) is 0 Å². The number of nitrogens with one attached hydrogen (secondary N) is 2. The zero-order valence-electron chi connectivity index (χ0n) is 21.7. The lowest BCUT2D eigenvalue weighted by Crippen LogP contribution is -2.56. The second kappa shape index (κ2) is 11.2. The third-order valence-corrected chi connectivity index (χ3v) is 6.97. The molecule has 10 heteroatoms. The molecule has 2 bridgehead atoms. The standard InChI is InChI=1S/C22H24ClN5O2.C5H10O2/c1-13-20(28-19-3-2-14(6-18(19)23)22(11-24)4-5-22)25-12-26-21(13)30-17-7-15-9-29-10-16(8-17)27-15;1-5(2,3)7-4-6/h2-3,6,12,15-17,27H,4-5,7-10H2,1H3,(H,25,26,28);4H,1-3H3. The lowest BCUT2D eigenvalue weighted by atomic mass is 9.95. The van der Waals surface area contributed by atoms with Crippen LogP contribution in [0.1, 0.15) is 57.6 Å². The Balaban J connectivity index is 0.000000405. The number of benzene rings is 1. The van der Waals surface area contributed by atoms with Crippen LogP contribution in [0.2, 0.25) is 5.02 Å². The summed E-state index contributed by atoms with van der Waals surface area (Å²) in [6.45, 7) is 9.32. The molecule has 5 rings (SSSR count). The molecule has 9 nitrogen and oxygen atoms in total. The van der Waals surface area contributed by atoms with Gasteiger partial charge in [0.2, 0.25) is 5.88 Å². The highest BCUT2D eigenvalue weighted by molar-refractivity contribution is 6.33. The molecular formula is C27H34ClN5O4. The number of halogens is 1. The first kappa shape index (κ1) is 27.1. The topological polar surface area (TPSA) is 118 Å². The fourth-order valence-corrected chi connectivity index (χ4v) is 4.72. The van der Waals surface area contributed by atoms with Crippen LogP contribution >= 0.6 is 11.6 Å². The van der Waals surface area contributed by atoms with Crippen molar-refractivity contribution in [3.63, 3.8) is 0 Å². The lowest BCUT2D eigenvalue weighted by Gasteiger charge is -2.39. The van der Waals surface area contributed by atoms with Gasteiger partial charge in [-0.25, -0.2) is 9.97 Å². The summed E-state index contributed by atoms with van der Waals surface area (Å²) in [6, 6.07) is 8.83. The van der Waals surface area contributed by atoms with Gasteiger partial charge in [0.25, 0.3) is 6.47 Å². The van der Waals surface area contributed by atoms with E-state index in [9.17, 15) is 10.1 Å². The molecule has 0 amide bonds. The van der Waals surface area contributed by atoms with Gasteiger partial charge in [0.15, 0.2) is 0 Å². The van der Waals surface area contributed by atoms with Crippen LogP contribution in [0.5, 0.6) is 5.88 Å². The molecule has 1 aromatic heterocycles. The van der Waals surface area contributed by atoms with Crippen molar-refractivity contribution in [2.24, 2.45) is 0 Å². The Bertz CT molecular complexity index is 1150. The molecule has 2 N–H and O–H groups in total. The van der Waals surface area contributed by atoms with Gasteiger partial charge in [-0.05, 0) is 58.2 Å². The van der Waals surface area contributed by atoms with Crippen LogP contribution in [0.4, 0.5) is 11.5 Å². The number of hydrogen-bond acceptors (Lipinski definition) is 9. The second-order valence-corrected chi connectivity index (χ2v) is 11.2. The molecule has 2 aromatic rings. The summed E-state index contributed by atoms with van der Waals surface area (Å²) >= 11 is 6.51. The largest absolute Gasteiger partial charge is 0.474 e. The van der Waals surface area contributed by atoms with E-state index in [1.165, 1.54) is 6.33 Å². The minimum absolute atomic E-state index is 0.107. The maximum absolute atomic E-state index is 9.60. The van der Waals surface area contributed by atoms with Crippen LogP contribution in [0.3, 0.4) is 0 Å². The summed E-state index contributed by atoms with van der Waals surface area (Å²) < 4.78 is 16.4. The number of aromatic nitrogens is 2. The molecule has 2 aliphatic heterocycles. The van der Waals surface area contributed by atoms with Crippen LogP contribution < -0.4 is 15.4 Å². The Hall–Kier alpha value is -2.93. The van der Waals surface area contributed by atoms with Gasteiger partial charge in [0, 0.05) is 24.9 Å². The Morgan fingerprint density at radius 1 is 1.24 bits per heavy atom. The first-order chi connectivity index (χ1) is 17.6. The summed E-state index contributed by atoms with van der Waals surface area (Å²) in [5.74, 6) is 1.25. The minimum Gasteiger partial charge on any atom is -0.474 e. The molecule has 2 unspecified atom stereocenters. The van der Waals surface area contributed by atoms with E-state index in [4.69, 9.17) is 21.1 Å². The van der Waals surface area contributed by atoms with E-state index in [-0.39, 0.29) is 17.1 Å². The van der Waals surface area contributed by atoms with Gasteiger partial charge in [-0.1, -0.05) is 17.7 Å². The highest BCUT2D eigenvalue weighted by atomic mass is 35.5. The van der Waals surface area contributed by atoms with Crippen molar-refractivity contribution in [2.45, 2.75) is 82.6 Å². The zero-order valence-corrected chi connectivity index (χ0v) is 22.5. The minimum atomic E-state index is -0.355. The van der Waals surface area contributed by atoms with Gasteiger partial charge < -0.3 is 24.8 Å². The number of morpholine rings is 1. The summed E-state index contributed by atoms with van der Waals surface area (Å²) in [5, 5.41) is 16.8. The van der Waals surface area contributed by atoms with E-state index in [0.717, 1.165) is 55.7 Å². The predicted molar refractivity (Wildman–Crippen MR) is 140 cm³/mol. The van der Waals surface area contributed by atoms with Crippen molar-refractivity contribution < 1.29 is 19.0 Å². The number of fused-ring (bicyclic) bond motifs is 2. The van der Waals surface area contributed by atoms with Crippen molar-refractivity contribution in [3.05, 3.63) is 40.7 Å². The van der Waals surface area contributed by atoms with Crippen LogP contribution in [0, 0.1) is 18.3 Å². The first-order valence-electron chi connectivity index (χ1n) is 12.5. The number of piperidine rings is 1. The number of hydrogen-bond donors (Lipinski definition) is 2. The van der Waals surface area contributed by atoms with Crippen LogP contribution in [-0.4, -0.2) is 53.4 Å². The van der Waals surface area contributed by atoms with Gasteiger partial charge in [0.05, 0.1) is 41.0 Å². The van der Waals surface area contributed by atoms with E-state index in [0.29, 0.717) is 35.3 Å². The summed E-state index contributed by atoms with van der Waals surface area (Å²) in [7, 11) is 0. The van der Waals surface area contributed by atoms with Gasteiger partial charge >= 0.3 is 0 Å². The molecule has 3 fully saturated rings. The first-order valence-corrected chi connectivity index (χ1v) is 12.9. The van der Waals surface area contributed by atoms with Crippen molar-refractivity contribution in [2.75, 3.05) is 18.5 Å². The smallest absolute Gasteiger partial charge is 0.293 e. The lowest BCUT2D eigenvalue weighted by molar-refractivity contribution is -0.138. The summed E-state index contributed by atoms with van der Waals surface area (Å²) in [4.78, 5) is 18.3. The van der Waals surface area contributed by atoms with Gasteiger partial charge in [-0.3, -0.25) is 4.79 Å².